The van der Waals surface area contributed by atoms with Gasteiger partial charge < -0.3 is 18.9 Å². The van der Waals surface area contributed by atoms with Gasteiger partial charge in [-0.3, -0.25) is 4.90 Å². The van der Waals surface area contributed by atoms with Crippen LogP contribution in [0.15, 0.2) is 36.4 Å². The Bertz CT molecular complexity index is 1610. The van der Waals surface area contributed by atoms with Crippen LogP contribution in [0.3, 0.4) is 0 Å². The number of fused-ring (bicyclic) bond motifs is 2. The van der Waals surface area contributed by atoms with Crippen molar-refractivity contribution in [2.75, 3.05) is 13.2 Å². The average Bonchev–Trinajstić information content (AvgIpc) is 3.36. The number of nitrogens with zero attached hydrogens (tertiary/aromatic N) is 1. The summed E-state index contributed by atoms with van der Waals surface area (Å²) in [6.07, 6.45) is -0.0123. The van der Waals surface area contributed by atoms with Crippen LogP contribution in [0.1, 0.15) is 97.7 Å². The number of amides is 1. The Labute approximate surface area is 265 Å². The molecule has 3 aromatic carbocycles. The molecule has 2 aliphatic heterocycles. The number of carbonyl (C=O) groups is 2. The standard InChI is InChI=1S/C37H44FNO6/c1-9-42-35(40)34(45-37(6,7)8)32-22(3)28-19-39(36(41)44-20-25-14-11-10-12-15-25)24(5)30(28)23(4)31(32)27-18-29(38)33-26(21(27)2)16-13-17-43-33/h10-12,14-15,18,24,34H,9,13,16-17,19-20H2,1-8H3/t24-,34+/m1/s1. The molecule has 45 heavy (non-hydrogen) atoms. The van der Waals surface area contributed by atoms with E-state index >= 15 is 4.39 Å². The van der Waals surface area contributed by atoms with Crippen LogP contribution in [-0.4, -0.2) is 35.8 Å². The lowest BCUT2D eigenvalue weighted by molar-refractivity contribution is -0.166. The van der Waals surface area contributed by atoms with E-state index in [9.17, 15) is 9.59 Å². The SMILES string of the molecule is CCOC(=O)[C@@H](OC(C)(C)C)c1c(C)c2c(c(C)c1-c1cc(F)c3c(c1C)CCCO3)[C@@H](C)N(C(=O)OCc1ccccc1)C2. The molecule has 0 N–H and O–H groups in total. The van der Waals surface area contributed by atoms with Gasteiger partial charge in [-0.15, -0.1) is 0 Å². The predicted molar refractivity (Wildman–Crippen MR) is 171 cm³/mol. The monoisotopic (exact) mass is 617 g/mol. The molecule has 1 amide bonds. The van der Waals surface area contributed by atoms with Crippen LogP contribution in [0, 0.1) is 26.6 Å². The molecule has 8 heteroatoms. The number of hydrogen-bond donors (Lipinski definition) is 0. The van der Waals surface area contributed by atoms with Crippen molar-refractivity contribution in [2.45, 2.75) is 99.1 Å². The molecule has 2 aliphatic rings. The van der Waals surface area contributed by atoms with Gasteiger partial charge in [-0.2, -0.15) is 0 Å². The number of ether oxygens (including phenoxy) is 4. The lowest BCUT2D eigenvalue weighted by Crippen LogP contribution is -2.30. The molecule has 0 radical (unpaired) electrons. The minimum atomic E-state index is -1.08. The predicted octanol–water partition coefficient (Wildman–Crippen LogP) is 8.38. The molecule has 2 heterocycles. The summed E-state index contributed by atoms with van der Waals surface area (Å²) < 4.78 is 39.3. The summed E-state index contributed by atoms with van der Waals surface area (Å²) in [5.41, 5.74) is 7.55. The smallest absolute Gasteiger partial charge is 0.410 e. The van der Waals surface area contributed by atoms with Crippen LogP contribution in [0.4, 0.5) is 9.18 Å². The zero-order valence-corrected chi connectivity index (χ0v) is 27.6. The van der Waals surface area contributed by atoms with Gasteiger partial charge in [0.2, 0.25) is 0 Å². The molecule has 5 rings (SSSR count). The third-order valence-electron chi connectivity index (χ3n) is 8.82. The normalized spacial score (nSPS) is 16.5. The fraction of sp³-hybridized carbons (Fsp3) is 0.459. The van der Waals surface area contributed by atoms with E-state index < -0.39 is 29.6 Å². The van der Waals surface area contributed by atoms with Gasteiger partial charge in [-0.25, -0.2) is 14.0 Å². The third-order valence-corrected chi connectivity index (χ3v) is 8.82. The summed E-state index contributed by atoms with van der Waals surface area (Å²) in [6.45, 7) is 16.5. The number of halogens is 1. The van der Waals surface area contributed by atoms with Crippen molar-refractivity contribution in [3.63, 3.8) is 0 Å². The molecule has 0 fully saturated rings. The minimum Gasteiger partial charge on any atom is -0.490 e. The van der Waals surface area contributed by atoms with Crippen molar-refractivity contribution in [3.8, 4) is 16.9 Å². The van der Waals surface area contributed by atoms with E-state index in [1.54, 1.807) is 11.8 Å². The van der Waals surface area contributed by atoms with Crippen LogP contribution in [0.25, 0.3) is 11.1 Å². The van der Waals surface area contributed by atoms with Crippen LogP contribution in [0.5, 0.6) is 5.75 Å². The van der Waals surface area contributed by atoms with E-state index in [4.69, 9.17) is 18.9 Å². The molecular formula is C37H44FNO6. The fourth-order valence-corrected chi connectivity index (χ4v) is 6.76. The van der Waals surface area contributed by atoms with E-state index in [0.29, 0.717) is 36.4 Å². The van der Waals surface area contributed by atoms with Gasteiger partial charge in [-0.05, 0) is 119 Å². The summed E-state index contributed by atoms with van der Waals surface area (Å²) in [6, 6.07) is 10.8. The highest BCUT2D eigenvalue weighted by Crippen LogP contribution is 2.49. The molecule has 240 valence electrons. The van der Waals surface area contributed by atoms with Gasteiger partial charge in [0.15, 0.2) is 17.7 Å². The van der Waals surface area contributed by atoms with Crippen molar-refractivity contribution in [3.05, 3.63) is 86.7 Å². The van der Waals surface area contributed by atoms with Gasteiger partial charge >= 0.3 is 12.1 Å². The minimum absolute atomic E-state index is 0.160. The third kappa shape index (κ3) is 6.30. The highest BCUT2D eigenvalue weighted by molar-refractivity contribution is 5.87. The largest absolute Gasteiger partial charge is 0.490 e. The maximum absolute atomic E-state index is 15.7. The first kappa shape index (κ1) is 32.5. The molecular weight excluding hydrogens is 573 g/mol. The van der Waals surface area contributed by atoms with Gasteiger partial charge in [0.05, 0.1) is 31.4 Å². The first-order valence-corrected chi connectivity index (χ1v) is 15.8. The highest BCUT2D eigenvalue weighted by atomic mass is 19.1. The van der Waals surface area contributed by atoms with Crippen molar-refractivity contribution in [1.82, 2.24) is 4.90 Å². The van der Waals surface area contributed by atoms with Crippen molar-refractivity contribution < 1.29 is 32.9 Å². The Hall–Kier alpha value is -3.91. The summed E-state index contributed by atoms with van der Waals surface area (Å²) >= 11 is 0. The average molecular weight is 618 g/mol. The zero-order chi connectivity index (χ0) is 32.6. The topological polar surface area (TPSA) is 74.3 Å². The second kappa shape index (κ2) is 12.8. The number of carbonyl (C=O) groups excluding carboxylic acids is 2. The summed E-state index contributed by atoms with van der Waals surface area (Å²) in [4.78, 5) is 28.9. The second-order valence-corrected chi connectivity index (χ2v) is 12.9. The first-order chi connectivity index (χ1) is 21.3. The number of rotatable bonds is 7. The number of benzene rings is 3. The van der Waals surface area contributed by atoms with Crippen molar-refractivity contribution in [2.24, 2.45) is 0 Å². The second-order valence-electron chi connectivity index (χ2n) is 12.9. The summed E-state index contributed by atoms with van der Waals surface area (Å²) in [5.74, 6) is -0.647. The Morgan fingerprint density at radius 3 is 2.42 bits per heavy atom. The fourth-order valence-electron chi connectivity index (χ4n) is 6.76. The number of esters is 1. The molecule has 0 aromatic heterocycles. The van der Waals surface area contributed by atoms with Crippen LogP contribution in [-0.2, 0) is 38.6 Å². The quantitative estimate of drug-likeness (QED) is 0.248. The molecule has 7 nitrogen and oxygen atoms in total. The Morgan fingerprint density at radius 2 is 1.76 bits per heavy atom. The lowest BCUT2D eigenvalue weighted by atomic mass is 9.80. The van der Waals surface area contributed by atoms with Crippen molar-refractivity contribution >= 4 is 12.1 Å². The molecule has 0 bridgehead atoms. The molecule has 0 saturated carbocycles. The van der Waals surface area contributed by atoms with E-state index in [0.717, 1.165) is 50.9 Å². The zero-order valence-electron chi connectivity index (χ0n) is 27.6. The van der Waals surface area contributed by atoms with Crippen LogP contribution in [0.2, 0.25) is 0 Å². The van der Waals surface area contributed by atoms with Crippen LogP contribution >= 0.6 is 0 Å². The maximum atomic E-state index is 15.7. The van der Waals surface area contributed by atoms with Crippen LogP contribution < -0.4 is 4.74 Å². The van der Waals surface area contributed by atoms with Gasteiger partial charge in [0.1, 0.15) is 6.61 Å². The highest BCUT2D eigenvalue weighted by Gasteiger charge is 2.41. The Balaban J connectivity index is 1.70. The molecule has 0 saturated heterocycles. The number of hydrogen-bond acceptors (Lipinski definition) is 6. The van der Waals surface area contributed by atoms with Gasteiger partial charge in [0, 0.05) is 11.1 Å². The van der Waals surface area contributed by atoms with Crippen molar-refractivity contribution in [1.29, 1.82) is 0 Å². The molecule has 3 aromatic rings. The Kier molecular flexibility index (Phi) is 9.26. The van der Waals surface area contributed by atoms with E-state index in [1.165, 1.54) is 6.07 Å². The first-order valence-electron chi connectivity index (χ1n) is 15.8. The molecule has 0 spiro atoms. The molecule has 0 unspecified atom stereocenters. The van der Waals surface area contributed by atoms with E-state index in [2.05, 4.69) is 0 Å². The maximum Gasteiger partial charge on any atom is 0.410 e. The summed E-state index contributed by atoms with van der Waals surface area (Å²) in [5, 5.41) is 0. The Morgan fingerprint density at radius 1 is 1.04 bits per heavy atom. The van der Waals surface area contributed by atoms with Gasteiger partial charge in [-0.1, -0.05) is 30.3 Å². The molecule has 2 atom stereocenters. The lowest BCUT2D eigenvalue weighted by Gasteiger charge is -2.32. The summed E-state index contributed by atoms with van der Waals surface area (Å²) in [7, 11) is 0. The van der Waals surface area contributed by atoms with E-state index in [-0.39, 0.29) is 19.3 Å². The molecule has 0 aliphatic carbocycles. The van der Waals surface area contributed by atoms with Gasteiger partial charge in [0.25, 0.3) is 0 Å². The van der Waals surface area contributed by atoms with E-state index in [1.807, 2.05) is 78.8 Å².